The van der Waals surface area contributed by atoms with Gasteiger partial charge in [0.25, 0.3) is 17.5 Å². The predicted octanol–water partition coefficient (Wildman–Crippen LogP) is 3.74. The number of rotatable bonds is 4. The van der Waals surface area contributed by atoms with Crippen molar-refractivity contribution in [2.75, 3.05) is 0 Å². The second kappa shape index (κ2) is 8.53. The number of nitrogens with zero attached hydrogens (tertiary/aromatic N) is 1. The molecule has 2 aromatic carbocycles. The largest absolute Gasteiger partial charge is 0.416 e. The maximum atomic E-state index is 12.7. The van der Waals surface area contributed by atoms with Gasteiger partial charge in [-0.3, -0.25) is 30.6 Å². The first-order valence-electron chi connectivity index (χ1n) is 7.47. The molecule has 0 radical (unpaired) electrons. The Bertz CT molecular complexity index is 961. The van der Waals surface area contributed by atoms with Crippen LogP contribution in [0.25, 0.3) is 6.08 Å². The minimum Gasteiger partial charge on any atom is -0.268 e. The van der Waals surface area contributed by atoms with Crippen molar-refractivity contribution in [1.82, 2.24) is 10.9 Å². The number of nitro benzene ring substituents is 1. The van der Waals surface area contributed by atoms with Crippen LogP contribution in [0, 0.1) is 10.1 Å². The van der Waals surface area contributed by atoms with Crippen LogP contribution in [-0.2, 0) is 11.0 Å². The summed E-state index contributed by atoms with van der Waals surface area (Å²) in [5.41, 5.74) is 2.67. The van der Waals surface area contributed by atoms with Gasteiger partial charge in [0.1, 0.15) is 0 Å². The monoisotopic (exact) mass is 413 g/mol. The Morgan fingerprint density at radius 3 is 2.46 bits per heavy atom. The predicted molar refractivity (Wildman–Crippen MR) is 94.2 cm³/mol. The SMILES string of the molecule is O=C(/C=C/c1cc(C(F)(F)F)ccc1Cl)NNC(=O)c1cccc([N+](=O)[O-])c1. The topological polar surface area (TPSA) is 101 Å². The molecule has 0 aliphatic rings. The van der Waals surface area contributed by atoms with E-state index in [9.17, 15) is 32.9 Å². The second-order valence-electron chi connectivity index (χ2n) is 5.32. The lowest BCUT2D eigenvalue weighted by molar-refractivity contribution is -0.384. The van der Waals surface area contributed by atoms with Crippen LogP contribution in [0.2, 0.25) is 5.02 Å². The van der Waals surface area contributed by atoms with Crippen LogP contribution in [0.4, 0.5) is 18.9 Å². The van der Waals surface area contributed by atoms with Gasteiger partial charge in [0, 0.05) is 28.8 Å². The first kappa shape index (κ1) is 20.9. The summed E-state index contributed by atoms with van der Waals surface area (Å²) >= 11 is 5.80. The first-order chi connectivity index (χ1) is 13.1. The maximum absolute atomic E-state index is 12.7. The molecular formula is C17H11ClF3N3O4. The number of carbonyl (C=O) groups excluding carboxylic acids is 2. The summed E-state index contributed by atoms with van der Waals surface area (Å²) < 4.78 is 38.1. The maximum Gasteiger partial charge on any atom is 0.416 e. The number of amides is 2. The molecule has 146 valence electrons. The minimum absolute atomic E-state index is 0.00215. The number of halogens is 4. The quantitative estimate of drug-likeness (QED) is 0.453. The Balaban J connectivity index is 2.02. The molecule has 28 heavy (non-hydrogen) atoms. The normalized spacial score (nSPS) is 11.3. The van der Waals surface area contributed by atoms with Gasteiger partial charge in [0.2, 0.25) is 0 Å². The van der Waals surface area contributed by atoms with Gasteiger partial charge in [-0.1, -0.05) is 17.7 Å². The third-order valence-corrected chi connectivity index (χ3v) is 3.70. The average molecular weight is 414 g/mol. The standard InChI is InChI=1S/C17H11ClF3N3O4/c18-14-6-5-12(17(19,20)21)8-10(14)4-7-15(25)22-23-16(26)11-2-1-3-13(9-11)24(27)28/h1-9H,(H,22,25)(H,23,26)/b7-4+. The van der Waals surface area contributed by atoms with Crippen LogP contribution in [-0.4, -0.2) is 16.7 Å². The highest BCUT2D eigenvalue weighted by Crippen LogP contribution is 2.32. The number of carbonyl (C=O) groups is 2. The van der Waals surface area contributed by atoms with E-state index in [0.717, 1.165) is 36.4 Å². The van der Waals surface area contributed by atoms with Gasteiger partial charge in [0.05, 0.1) is 10.5 Å². The van der Waals surface area contributed by atoms with Crippen molar-refractivity contribution in [2.45, 2.75) is 6.18 Å². The molecule has 2 rings (SSSR count). The molecule has 2 N–H and O–H groups in total. The van der Waals surface area contributed by atoms with Crippen LogP contribution in [0.3, 0.4) is 0 Å². The highest BCUT2D eigenvalue weighted by Gasteiger charge is 2.30. The summed E-state index contributed by atoms with van der Waals surface area (Å²) in [5.74, 6) is -1.67. The second-order valence-corrected chi connectivity index (χ2v) is 5.73. The molecule has 0 spiro atoms. The lowest BCUT2D eigenvalue weighted by Crippen LogP contribution is -2.40. The van der Waals surface area contributed by atoms with Gasteiger partial charge in [-0.05, 0) is 35.9 Å². The van der Waals surface area contributed by atoms with Gasteiger partial charge < -0.3 is 0 Å². The Kier molecular flexibility index (Phi) is 6.37. The van der Waals surface area contributed by atoms with Gasteiger partial charge in [-0.25, -0.2) is 0 Å². The summed E-state index contributed by atoms with van der Waals surface area (Å²) in [5, 5.41) is 10.7. The number of nitrogens with one attached hydrogen (secondary N) is 2. The number of non-ortho nitro benzene ring substituents is 1. The summed E-state index contributed by atoms with van der Waals surface area (Å²) in [6.45, 7) is 0. The van der Waals surface area contributed by atoms with E-state index >= 15 is 0 Å². The molecule has 2 aromatic rings. The Morgan fingerprint density at radius 1 is 1.11 bits per heavy atom. The Hall–Kier alpha value is -3.40. The third-order valence-electron chi connectivity index (χ3n) is 3.36. The van der Waals surface area contributed by atoms with Crippen LogP contribution in [0.1, 0.15) is 21.5 Å². The summed E-state index contributed by atoms with van der Waals surface area (Å²) in [6.07, 6.45) is -2.65. The molecule has 0 unspecified atom stereocenters. The van der Waals surface area contributed by atoms with E-state index in [1.807, 2.05) is 10.9 Å². The number of hydrogen-bond acceptors (Lipinski definition) is 4. The molecule has 0 saturated carbocycles. The molecule has 0 aliphatic heterocycles. The van der Waals surface area contributed by atoms with Gasteiger partial charge in [-0.2, -0.15) is 13.2 Å². The number of nitro groups is 1. The van der Waals surface area contributed by atoms with Crippen LogP contribution >= 0.6 is 11.6 Å². The van der Waals surface area contributed by atoms with E-state index < -0.39 is 28.5 Å². The average Bonchev–Trinajstić information content (AvgIpc) is 2.64. The van der Waals surface area contributed by atoms with Gasteiger partial charge >= 0.3 is 6.18 Å². The van der Waals surface area contributed by atoms with Crippen molar-refractivity contribution < 1.29 is 27.7 Å². The Morgan fingerprint density at radius 2 is 1.82 bits per heavy atom. The molecular weight excluding hydrogens is 403 g/mol. The van der Waals surface area contributed by atoms with E-state index in [1.165, 1.54) is 18.2 Å². The van der Waals surface area contributed by atoms with Crippen LogP contribution in [0.15, 0.2) is 48.5 Å². The molecule has 11 heteroatoms. The summed E-state index contributed by atoms with van der Waals surface area (Å²) in [6, 6.07) is 7.42. The highest BCUT2D eigenvalue weighted by molar-refractivity contribution is 6.32. The molecule has 0 aromatic heterocycles. The third kappa shape index (κ3) is 5.55. The van der Waals surface area contributed by atoms with Crippen molar-refractivity contribution in [3.8, 4) is 0 Å². The van der Waals surface area contributed by atoms with E-state index in [-0.39, 0.29) is 21.8 Å². The molecule has 0 atom stereocenters. The fourth-order valence-electron chi connectivity index (χ4n) is 2.01. The zero-order chi connectivity index (χ0) is 20.9. The smallest absolute Gasteiger partial charge is 0.268 e. The first-order valence-corrected chi connectivity index (χ1v) is 7.85. The fourth-order valence-corrected chi connectivity index (χ4v) is 2.19. The highest BCUT2D eigenvalue weighted by atomic mass is 35.5. The van der Waals surface area contributed by atoms with Crippen molar-refractivity contribution >= 4 is 35.2 Å². The molecule has 0 saturated heterocycles. The summed E-state index contributed by atoms with van der Waals surface area (Å²) in [4.78, 5) is 33.6. The molecule has 7 nitrogen and oxygen atoms in total. The zero-order valence-electron chi connectivity index (χ0n) is 13.8. The van der Waals surface area contributed by atoms with Gasteiger partial charge in [0.15, 0.2) is 0 Å². The van der Waals surface area contributed by atoms with Gasteiger partial charge in [-0.15, -0.1) is 0 Å². The lowest BCUT2D eigenvalue weighted by Gasteiger charge is -2.08. The lowest BCUT2D eigenvalue weighted by atomic mass is 10.1. The number of hydrogen-bond donors (Lipinski definition) is 2. The summed E-state index contributed by atoms with van der Waals surface area (Å²) in [7, 11) is 0. The van der Waals surface area contributed by atoms with Crippen LogP contribution < -0.4 is 10.9 Å². The molecule has 2 amide bonds. The number of hydrazine groups is 1. The molecule has 0 aliphatic carbocycles. The molecule has 0 bridgehead atoms. The zero-order valence-corrected chi connectivity index (χ0v) is 14.5. The van der Waals surface area contributed by atoms with Crippen molar-refractivity contribution in [3.63, 3.8) is 0 Å². The molecule has 0 heterocycles. The van der Waals surface area contributed by atoms with Crippen LogP contribution in [0.5, 0.6) is 0 Å². The van der Waals surface area contributed by atoms with E-state index in [4.69, 9.17) is 11.6 Å². The number of benzene rings is 2. The van der Waals surface area contributed by atoms with Crippen molar-refractivity contribution in [3.05, 3.63) is 80.4 Å². The van der Waals surface area contributed by atoms with Crippen molar-refractivity contribution in [1.29, 1.82) is 0 Å². The Labute approximate surface area is 160 Å². The van der Waals surface area contributed by atoms with Crippen molar-refractivity contribution in [2.24, 2.45) is 0 Å². The fraction of sp³-hybridized carbons (Fsp3) is 0.0588. The van der Waals surface area contributed by atoms with E-state index in [2.05, 4.69) is 0 Å². The van der Waals surface area contributed by atoms with E-state index in [0.29, 0.717) is 0 Å². The number of alkyl halides is 3. The molecule has 0 fully saturated rings. The van der Waals surface area contributed by atoms with E-state index in [1.54, 1.807) is 0 Å². The minimum atomic E-state index is -4.57.